The Bertz CT molecular complexity index is 537. The maximum absolute atomic E-state index is 13.4. The first-order chi connectivity index (χ1) is 9.66. The molecule has 0 amide bonds. The number of rotatable bonds is 6. The maximum Gasteiger partial charge on any atom is 0.126 e. The first-order valence-electron chi connectivity index (χ1n) is 7.20. The van der Waals surface area contributed by atoms with Crippen molar-refractivity contribution in [1.29, 1.82) is 0 Å². The minimum absolute atomic E-state index is 0. The molecule has 0 saturated carbocycles. The quantitative estimate of drug-likeness (QED) is 0.763. The van der Waals surface area contributed by atoms with Crippen molar-refractivity contribution >= 4 is 12.4 Å². The van der Waals surface area contributed by atoms with Crippen LogP contribution in [-0.2, 0) is 13.0 Å². The molecule has 0 atom stereocenters. The third-order valence-corrected chi connectivity index (χ3v) is 3.50. The zero-order chi connectivity index (χ0) is 14.4. The minimum atomic E-state index is -0.115. The van der Waals surface area contributed by atoms with Crippen molar-refractivity contribution in [3.63, 3.8) is 0 Å². The van der Waals surface area contributed by atoms with Gasteiger partial charge in [0.15, 0.2) is 0 Å². The molecule has 0 aliphatic heterocycles. The van der Waals surface area contributed by atoms with E-state index in [1.165, 1.54) is 17.2 Å². The molecule has 0 radical (unpaired) electrons. The summed E-state index contributed by atoms with van der Waals surface area (Å²) < 4.78 is 13.4. The number of hydrogen-bond donors (Lipinski definition) is 1. The van der Waals surface area contributed by atoms with E-state index in [1.54, 1.807) is 6.07 Å². The Morgan fingerprint density at radius 3 is 2.29 bits per heavy atom. The second kappa shape index (κ2) is 8.81. The van der Waals surface area contributed by atoms with Crippen molar-refractivity contribution in [3.8, 4) is 0 Å². The van der Waals surface area contributed by atoms with E-state index in [2.05, 4.69) is 43.4 Å². The fourth-order valence-electron chi connectivity index (χ4n) is 2.18. The van der Waals surface area contributed by atoms with E-state index in [9.17, 15) is 4.39 Å². The average Bonchev–Trinajstić information content (AvgIpc) is 2.46. The average molecular weight is 308 g/mol. The van der Waals surface area contributed by atoms with E-state index >= 15 is 0 Å². The number of halogens is 2. The van der Waals surface area contributed by atoms with Crippen LogP contribution in [0.3, 0.4) is 0 Å². The van der Waals surface area contributed by atoms with Gasteiger partial charge in [0.1, 0.15) is 5.82 Å². The topological polar surface area (TPSA) is 12.0 Å². The lowest BCUT2D eigenvalue weighted by Gasteiger charge is -2.08. The van der Waals surface area contributed by atoms with Crippen LogP contribution in [0.5, 0.6) is 0 Å². The summed E-state index contributed by atoms with van der Waals surface area (Å²) in [4.78, 5) is 0. The van der Waals surface area contributed by atoms with Gasteiger partial charge in [0, 0.05) is 6.54 Å². The van der Waals surface area contributed by atoms with E-state index in [0.29, 0.717) is 5.92 Å². The predicted molar refractivity (Wildman–Crippen MR) is 89.6 cm³/mol. The molecule has 0 bridgehead atoms. The Morgan fingerprint density at radius 2 is 1.67 bits per heavy atom. The number of benzene rings is 2. The highest BCUT2D eigenvalue weighted by Crippen LogP contribution is 2.14. The van der Waals surface area contributed by atoms with E-state index in [0.717, 1.165) is 25.1 Å². The fraction of sp³-hybridized carbons (Fsp3) is 0.333. The molecular formula is C18H23ClFN. The molecule has 0 aromatic heterocycles. The van der Waals surface area contributed by atoms with Gasteiger partial charge < -0.3 is 5.32 Å². The van der Waals surface area contributed by atoms with Crippen molar-refractivity contribution in [2.45, 2.75) is 32.7 Å². The van der Waals surface area contributed by atoms with Crippen LogP contribution in [-0.4, -0.2) is 6.54 Å². The maximum atomic E-state index is 13.4. The lowest BCUT2D eigenvalue weighted by molar-refractivity contribution is 0.598. The molecule has 1 nitrogen and oxygen atoms in total. The van der Waals surface area contributed by atoms with Crippen molar-refractivity contribution in [2.75, 3.05) is 6.54 Å². The Kier molecular flexibility index (Phi) is 7.41. The minimum Gasteiger partial charge on any atom is -0.312 e. The zero-order valence-corrected chi connectivity index (χ0v) is 13.4. The Balaban J connectivity index is 0.00000220. The van der Waals surface area contributed by atoms with Crippen molar-refractivity contribution < 1.29 is 4.39 Å². The van der Waals surface area contributed by atoms with Crippen LogP contribution in [0.15, 0.2) is 48.5 Å². The van der Waals surface area contributed by atoms with Crippen LogP contribution >= 0.6 is 12.4 Å². The lowest BCUT2D eigenvalue weighted by Crippen LogP contribution is -2.17. The normalized spacial score (nSPS) is 10.5. The van der Waals surface area contributed by atoms with Crippen molar-refractivity contribution in [3.05, 3.63) is 71.0 Å². The molecule has 0 spiro atoms. The monoisotopic (exact) mass is 307 g/mol. The van der Waals surface area contributed by atoms with Gasteiger partial charge in [0.25, 0.3) is 0 Å². The molecule has 0 heterocycles. The smallest absolute Gasteiger partial charge is 0.126 e. The molecule has 2 aromatic rings. The van der Waals surface area contributed by atoms with Crippen LogP contribution in [0.1, 0.15) is 36.5 Å². The molecule has 2 rings (SSSR count). The third kappa shape index (κ3) is 5.49. The first-order valence-corrected chi connectivity index (χ1v) is 7.20. The molecule has 0 unspecified atom stereocenters. The van der Waals surface area contributed by atoms with Gasteiger partial charge in [0.05, 0.1) is 0 Å². The van der Waals surface area contributed by atoms with Gasteiger partial charge in [0.2, 0.25) is 0 Å². The van der Waals surface area contributed by atoms with Crippen LogP contribution in [0.25, 0.3) is 0 Å². The van der Waals surface area contributed by atoms with Gasteiger partial charge >= 0.3 is 0 Å². The summed E-state index contributed by atoms with van der Waals surface area (Å²) >= 11 is 0. The van der Waals surface area contributed by atoms with Gasteiger partial charge in [-0.1, -0.05) is 56.3 Å². The van der Waals surface area contributed by atoms with Crippen molar-refractivity contribution in [2.24, 2.45) is 0 Å². The molecule has 3 heteroatoms. The SMILES string of the molecule is CC(C)c1ccc(CNCCc2ccccc2F)cc1.Cl. The molecule has 0 fully saturated rings. The number of hydrogen-bond acceptors (Lipinski definition) is 1. The second-order valence-electron chi connectivity index (χ2n) is 5.41. The van der Waals surface area contributed by atoms with Gasteiger partial charge in [-0.05, 0) is 41.6 Å². The van der Waals surface area contributed by atoms with E-state index in [-0.39, 0.29) is 18.2 Å². The highest BCUT2D eigenvalue weighted by atomic mass is 35.5. The molecule has 114 valence electrons. The van der Waals surface area contributed by atoms with Gasteiger partial charge in [-0.3, -0.25) is 0 Å². The standard InChI is InChI=1S/C18H22FN.ClH/c1-14(2)16-9-7-15(8-10-16)13-20-12-11-17-5-3-4-6-18(17)19;/h3-10,14,20H,11-13H2,1-2H3;1H. The Hall–Kier alpha value is -1.38. The van der Waals surface area contributed by atoms with Crippen LogP contribution in [0.4, 0.5) is 4.39 Å². The van der Waals surface area contributed by atoms with E-state index in [1.807, 2.05) is 12.1 Å². The van der Waals surface area contributed by atoms with Gasteiger partial charge in [-0.2, -0.15) is 0 Å². The zero-order valence-electron chi connectivity index (χ0n) is 12.6. The lowest BCUT2D eigenvalue weighted by atomic mass is 10.0. The largest absolute Gasteiger partial charge is 0.312 e. The van der Waals surface area contributed by atoms with E-state index < -0.39 is 0 Å². The molecular weight excluding hydrogens is 285 g/mol. The highest BCUT2D eigenvalue weighted by Gasteiger charge is 2.01. The fourth-order valence-corrected chi connectivity index (χ4v) is 2.18. The summed E-state index contributed by atoms with van der Waals surface area (Å²) in [5.41, 5.74) is 3.40. The highest BCUT2D eigenvalue weighted by molar-refractivity contribution is 5.85. The molecule has 0 aliphatic carbocycles. The summed E-state index contributed by atoms with van der Waals surface area (Å²) in [5, 5.41) is 3.36. The summed E-state index contributed by atoms with van der Waals surface area (Å²) in [6, 6.07) is 15.6. The van der Waals surface area contributed by atoms with Gasteiger partial charge in [-0.25, -0.2) is 4.39 Å². The first kappa shape index (κ1) is 17.7. The van der Waals surface area contributed by atoms with Gasteiger partial charge in [-0.15, -0.1) is 12.4 Å². The molecule has 0 saturated heterocycles. The van der Waals surface area contributed by atoms with Crippen LogP contribution < -0.4 is 5.32 Å². The van der Waals surface area contributed by atoms with Crippen molar-refractivity contribution in [1.82, 2.24) is 5.32 Å². The van der Waals surface area contributed by atoms with E-state index in [4.69, 9.17) is 0 Å². The Morgan fingerprint density at radius 1 is 1.00 bits per heavy atom. The summed E-state index contributed by atoms with van der Waals surface area (Å²) in [6.07, 6.45) is 0.719. The summed E-state index contributed by atoms with van der Waals surface area (Å²) in [5.74, 6) is 0.452. The second-order valence-corrected chi connectivity index (χ2v) is 5.41. The molecule has 0 aliphatic rings. The summed E-state index contributed by atoms with van der Waals surface area (Å²) in [6.45, 7) is 6.00. The third-order valence-electron chi connectivity index (χ3n) is 3.50. The van der Waals surface area contributed by atoms with Crippen LogP contribution in [0, 0.1) is 5.82 Å². The predicted octanol–water partition coefficient (Wildman–Crippen LogP) is 4.70. The number of nitrogens with one attached hydrogen (secondary N) is 1. The molecule has 2 aromatic carbocycles. The molecule has 1 N–H and O–H groups in total. The van der Waals surface area contributed by atoms with Crippen LogP contribution in [0.2, 0.25) is 0 Å². The summed E-state index contributed by atoms with van der Waals surface area (Å²) in [7, 11) is 0. The molecule has 21 heavy (non-hydrogen) atoms. The Labute approximate surface area is 133 Å².